The summed E-state index contributed by atoms with van der Waals surface area (Å²) in [6.45, 7) is 0. The standard InChI is InChI=1S/C21H22ClNO4S2/c1-27-19(24)8-3-13-2-4-14-11-15-5-6-16(12-17(14)10-13)21(15)23-29(25,26)20-9-7-18(22)28-20/h2-4,7-10,15-16,21,23H,5-6,11-12H2,1H3. The Labute approximate surface area is 179 Å². The summed E-state index contributed by atoms with van der Waals surface area (Å²) in [5.41, 5.74) is 3.43. The zero-order valence-electron chi connectivity index (χ0n) is 15.9. The normalized spacial score (nSPS) is 23.7. The molecule has 3 unspecified atom stereocenters. The van der Waals surface area contributed by atoms with E-state index in [1.54, 1.807) is 18.2 Å². The average Bonchev–Trinajstić information content (AvgIpc) is 3.23. The second-order valence-corrected chi connectivity index (χ2v) is 11.3. The van der Waals surface area contributed by atoms with Crippen molar-refractivity contribution in [3.63, 3.8) is 0 Å². The molecule has 0 saturated heterocycles. The van der Waals surface area contributed by atoms with Gasteiger partial charge in [0.15, 0.2) is 0 Å². The molecule has 1 heterocycles. The quantitative estimate of drug-likeness (QED) is 0.549. The van der Waals surface area contributed by atoms with E-state index in [0.717, 1.165) is 42.6 Å². The molecule has 8 heteroatoms. The van der Waals surface area contributed by atoms with Crippen LogP contribution in [0.15, 0.2) is 40.6 Å². The maximum absolute atomic E-state index is 12.8. The summed E-state index contributed by atoms with van der Waals surface area (Å²) in [6, 6.07) is 9.27. The third kappa shape index (κ3) is 4.43. The number of hydrogen-bond donors (Lipinski definition) is 1. The van der Waals surface area contributed by atoms with Gasteiger partial charge in [-0.2, -0.15) is 0 Å². The molecule has 2 aliphatic carbocycles. The number of rotatable bonds is 5. The van der Waals surface area contributed by atoms with Gasteiger partial charge in [0, 0.05) is 12.1 Å². The topological polar surface area (TPSA) is 72.5 Å². The van der Waals surface area contributed by atoms with Crippen LogP contribution < -0.4 is 4.72 Å². The van der Waals surface area contributed by atoms with Crippen molar-refractivity contribution in [2.45, 2.75) is 35.9 Å². The third-order valence-corrected chi connectivity index (χ3v) is 9.02. The molecule has 1 N–H and O–H groups in total. The van der Waals surface area contributed by atoms with Gasteiger partial charge in [-0.25, -0.2) is 17.9 Å². The molecular formula is C21H22ClNO4S2. The number of ether oxygens (including phenoxy) is 1. The van der Waals surface area contributed by atoms with Crippen molar-refractivity contribution in [3.8, 4) is 0 Å². The minimum absolute atomic E-state index is 0.0812. The fraction of sp³-hybridized carbons (Fsp3) is 0.381. The SMILES string of the molecule is COC(=O)C=Cc1ccc2c(c1)CC1CCC(C2)C1NS(=O)(=O)c1ccc(Cl)s1. The number of carbonyl (C=O) groups is 1. The Morgan fingerprint density at radius 2 is 1.90 bits per heavy atom. The Hall–Kier alpha value is -1.67. The van der Waals surface area contributed by atoms with E-state index >= 15 is 0 Å². The van der Waals surface area contributed by atoms with Crippen molar-refractivity contribution in [2.75, 3.05) is 7.11 Å². The van der Waals surface area contributed by atoms with E-state index in [0.29, 0.717) is 4.34 Å². The first-order valence-corrected chi connectivity index (χ1v) is 12.2. The highest BCUT2D eigenvalue weighted by molar-refractivity contribution is 7.91. The van der Waals surface area contributed by atoms with Crippen LogP contribution in [0, 0.1) is 11.8 Å². The summed E-state index contributed by atoms with van der Waals surface area (Å²) >= 11 is 7.01. The molecule has 2 aromatic rings. The van der Waals surface area contributed by atoms with E-state index in [-0.39, 0.29) is 28.1 Å². The zero-order chi connectivity index (χ0) is 20.6. The number of methoxy groups -OCH3 is 1. The third-order valence-electron chi connectivity index (χ3n) is 5.84. The molecule has 1 saturated carbocycles. The van der Waals surface area contributed by atoms with Gasteiger partial charge in [-0.15, -0.1) is 11.3 Å². The van der Waals surface area contributed by atoms with Crippen LogP contribution in [0.1, 0.15) is 29.5 Å². The molecule has 0 amide bonds. The fourth-order valence-corrected chi connectivity index (χ4v) is 7.31. The summed E-state index contributed by atoms with van der Waals surface area (Å²) in [6.07, 6.45) is 6.86. The van der Waals surface area contributed by atoms with E-state index < -0.39 is 10.0 Å². The van der Waals surface area contributed by atoms with Crippen molar-refractivity contribution in [3.05, 3.63) is 57.4 Å². The Balaban J connectivity index is 1.55. The van der Waals surface area contributed by atoms with Gasteiger partial charge in [0.1, 0.15) is 4.21 Å². The summed E-state index contributed by atoms with van der Waals surface area (Å²) in [7, 11) is -2.22. The maximum Gasteiger partial charge on any atom is 0.330 e. The zero-order valence-corrected chi connectivity index (χ0v) is 18.3. The number of thiophene rings is 1. The summed E-state index contributed by atoms with van der Waals surface area (Å²) < 4.78 is 34.0. The molecule has 0 radical (unpaired) electrons. The van der Waals surface area contributed by atoms with Gasteiger partial charge in [0.2, 0.25) is 10.0 Å². The molecule has 0 aliphatic heterocycles. The molecule has 5 nitrogen and oxygen atoms in total. The molecule has 154 valence electrons. The number of carbonyl (C=O) groups excluding carboxylic acids is 1. The van der Waals surface area contributed by atoms with Gasteiger partial charge in [-0.1, -0.05) is 29.8 Å². The predicted molar refractivity (Wildman–Crippen MR) is 115 cm³/mol. The van der Waals surface area contributed by atoms with Gasteiger partial charge in [0.25, 0.3) is 0 Å². The van der Waals surface area contributed by atoms with Crippen LogP contribution in [-0.2, 0) is 32.4 Å². The average molecular weight is 452 g/mol. The van der Waals surface area contributed by atoms with Gasteiger partial charge < -0.3 is 4.74 Å². The first-order chi connectivity index (χ1) is 13.9. The number of hydrogen-bond acceptors (Lipinski definition) is 5. The molecule has 2 bridgehead atoms. The predicted octanol–water partition coefficient (Wildman–Crippen LogP) is 4.06. The van der Waals surface area contributed by atoms with Crippen LogP contribution >= 0.6 is 22.9 Å². The second-order valence-electron chi connectivity index (χ2n) is 7.60. The summed E-state index contributed by atoms with van der Waals surface area (Å²) in [5, 5.41) is 0. The lowest BCUT2D eigenvalue weighted by molar-refractivity contribution is -0.134. The van der Waals surface area contributed by atoms with Crippen molar-refractivity contribution < 1.29 is 17.9 Å². The van der Waals surface area contributed by atoms with E-state index in [1.807, 2.05) is 6.07 Å². The monoisotopic (exact) mass is 451 g/mol. The van der Waals surface area contributed by atoms with Crippen LogP contribution in [-0.4, -0.2) is 27.5 Å². The number of nitrogens with one attached hydrogen (secondary N) is 1. The van der Waals surface area contributed by atoms with Crippen molar-refractivity contribution in [2.24, 2.45) is 11.8 Å². The highest BCUT2D eigenvalue weighted by Gasteiger charge is 2.41. The van der Waals surface area contributed by atoms with Crippen molar-refractivity contribution in [1.82, 2.24) is 4.72 Å². The highest BCUT2D eigenvalue weighted by Crippen LogP contribution is 2.41. The van der Waals surface area contributed by atoms with Crippen LogP contribution in [0.5, 0.6) is 0 Å². The lowest BCUT2D eigenvalue weighted by Crippen LogP contribution is -2.41. The Morgan fingerprint density at radius 1 is 1.17 bits per heavy atom. The molecule has 29 heavy (non-hydrogen) atoms. The molecule has 3 atom stereocenters. The van der Waals surface area contributed by atoms with Crippen molar-refractivity contribution in [1.29, 1.82) is 0 Å². The largest absolute Gasteiger partial charge is 0.466 e. The molecular weight excluding hydrogens is 430 g/mol. The van der Waals surface area contributed by atoms with E-state index in [2.05, 4.69) is 21.6 Å². The van der Waals surface area contributed by atoms with Gasteiger partial charge in [0.05, 0.1) is 11.4 Å². The molecule has 1 fully saturated rings. The minimum atomic E-state index is -3.58. The number of halogens is 1. The smallest absolute Gasteiger partial charge is 0.330 e. The van der Waals surface area contributed by atoms with Crippen molar-refractivity contribution >= 4 is 45.0 Å². The lowest BCUT2D eigenvalue weighted by atomic mass is 9.92. The summed E-state index contributed by atoms with van der Waals surface area (Å²) in [5.74, 6) is 0.149. The first kappa shape index (κ1) is 20.6. The first-order valence-electron chi connectivity index (χ1n) is 9.51. The van der Waals surface area contributed by atoms with Gasteiger partial charge >= 0.3 is 5.97 Å². The van der Waals surface area contributed by atoms with Gasteiger partial charge in [-0.05, 0) is 72.4 Å². The van der Waals surface area contributed by atoms with Crippen LogP contribution in [0.2, 0.25) is 4.34 Å². The lowest BCUT2D eigenvalue weighted by Gasteiger charge is -2.23. The number of fused-ring (bicyclic) bond motifs is 3. The summed E-state index contributed by atoms with van der Waals surface area (Å²) in [4.78, 5) is 11.3. The Morgan fingerprint density at radius 3 is 2.55 bits per heavy atom. The molecule has 1 aromatic heterocycles. The molecule has 4 rings (SSSR count). The highest BCUT2D eigenvalue weighted by atomic mass is 35.5. The van der Waals surface area contributed by atoms with E-state index in [9.17, 15) is 13.2 Å². The maximum atomic E-state index is 12.8. The van der Waals surface area contributed by atoms with E-state index in [4.69, 9.17) is 11.6 Å². The van der Waals surface area contributed by atoms with Crippen LogP contribution in [0.25, 0.3) is 6.08 Å². The van der Waals surface area contributed by atoms with Crippen LogP contribution in [0.4, 0.5) is 0 Å². The van der Waals surface area contributed by atoms with Crippen LogP contribution in [0.3, 0.4) is 0 Å². The minimum Gasteiger partial charge on any atom is -0.466 e. The molecule has 2 aliphatic rings. The van der Waals surface area contributed by atoms with E-state index in [1.165, 1.54) is 24.3 Å². The molecule has 0 spiro atoms. The second kappa shape index (κ2) is 8.22. The number of sulfonamides is 1. The van der Waals surface area contributed by atoms with Gasteiger partial charge in [-0.3, -0.25) is 0 Å². The molecule has 1 aromatic carbocycles. The Kier molecular flexibility index (Phi) is 5.84. The fourth-order valence-electron chi connectivity index (χ4n) is 4.44. The number of benzene rings is 1. The number of esters is 1. The Bertz CT molecular complexity index is 1060.